The lowest BCUT2D eigenvalue weighted by atomic mass is 10.1. The fourth-order valence-electron chi connectivity index (χ4n) is 2.04. The van der Waals surface area contributed by atoms with Crippen molar-refractivity contribution in [1.82, 2.24) is 14.8 Å². The van der Waals surface area contributed by atoms with E-state index < -0.39 is 0 Å². The van der Waals surface area contributed by atoms with Crippen LogP contribution in [0.5, 0.6) is 0 Å². The summed E-state index contributed by atoms with van der Waals surface area (Å²) in [4.78, 5) is 3.98. The molecule has 0 fully saturated rings. The quantitative estimate of drug-likeness (QED) is 0.680. The van der Waals surface area contributed by atoms with Crippen molar-refractivity contribution >= 4 is 22.5 Å². The van der Waals surface area contributed by atoms with E-state index in [4.69, 9.17) is 16.9 Å². The van der Waals surface area contributed by atoms with Crippen LogP contribution in [0.1, 0.15) is 11.1 Å². The summed E-state index contributed by atoms with van der Waals surface area (Å²) in [5.74, 6) is -0.379. The van der Waals surface area contributed by atoms with Gasteiger partial charge in [-0.2, -0.15) is 10.4 Å². The molecule has 0 saturated heterocycles. The van der Waals surface area contributed by atoms with Gasteiger partial charge in [0, 0.05) is 17.6 Å². The Hall–Kier alpha value is -2.45. The van der Waals surface area contributed by atoms with Crippen LogP contribution in [0, 0.1) is 17.1 Å². The lowest BCUT2D eigenvalue weighted by Crippen LogP contribution is -2.04. The minimum absolute atomic E-state index is 0.296. The summed E-state index contributed by atoms with van der Waals surface area (Å²) in [7, 11) is 0. The fraction of sp³-hybridized carbons (Fsp3) is 0.0714. The van der Waals surface area contributed by atoms with Crippen molar-refractivity contribution in [2.75, 3.05) is 0 Å². The van der Waals surface area contributed by atoms with E-state index >= 15 is 0 Å². The van der Waals surface area contributed by atoms with Crippen LogP contribution >= 0.6 is 11.6 Å². The SMILES string of the molecule is N#Cc1ccc(F)cc1Cn1ncc2cnc(Cl)cc21. The van der Waals surface area contributed by atoms with Gasteiger partial charge in [-0.05, 0) is 23.8 Å². The molecule has 0 N–H and O–H groups in total. The first-order valence-corrected chi connectivity index (χ1v) is 6.21. The first-order chi connectivity index (χ1) is 9.67. The number of fused-ring (bicyclic) bond motifs is 1. The van der Waals surface area contributed by atoms with Gasteiger partial charge in [0.1, 0.15) is 11.0 Å². The van der Waals surface area contributed by atoms with E-state index in [1.807, 2.05) is 6.07 Å². The van der Waals surface area contributed by atoms with Gasteiger partial charge in [-0.15, -0.1) is 0 Å². The number of pyridine rings is 1. The van der Waals surface area contributed by atoms with E-state index in [0.29, 0.717) is 22.8 Å². The van der Waals surface area contributed by atoms with Crippen LogP contribution in [0.4, 0.5) is 4.39 Å². The Morgan fingerprint density at radius 1 is 1.30 bits per heavy atom. The van der Waals surface area contributed by atoms with Gasteiger partial charge in [0.15, 0.2) is 0 Å². The normalized spacial score (nSPS) is 10.7. The van der Waals surface area contributed by atoms with Crippen LogP contribution in [-0.4, -0.2) is 14.8 Å². The predicted molar refractivity (Wildman–Crippen MR) is 72.8 cm³/mol. The van der Waals surface area contributed by atoms with Crippen molar-refractivity contribution in [3.63, 3.8) is 0 Å². The molecule has 0 spiro atoms. The molecule has 0 atom stereocenters. The van der Waals surface area contributed by atoms with E-state index in [1.165, 1.54) is 18.2 Å². The second-order valence-corrected chi connectivity index (χ2v) is 4.67. The summed E-state index contributed by atoms with van der Waals surface area (Å²) >= 11 is 5.87. The smallest absolute Gasteiger partial charge is 0.131 e. The number of rotatable bonds is 2. The number of benzene rings is 1. The molecular weight excluding hydrogens is 279 g/mol. The van der Waals surface area contributed by atoms with Crippen molar-refractivity contribution in [3.05, 3.63) is 58.8 Å². The molecule has 6 heteroatoms. The zero-order chi connectivity index (χ0) is 14.1. The van der Waals surface area contributed by atoms with Crippen LogP contribution in [-0.2, 0) is 6.54 Å². The van der Waals surface area contributed by atoms with Crippen molar-refractivity contribution in [2.45, 2.75) is 6.54 Å². The fourth-order valence-corrected chi connectivity index (χ4v) is 2.19. The lowest BCUT2D eigenvalue weighted by Gasteiger charge is -2.06. The molecule has 98 valence electrons. The van der Waals surface area contributed by atoms with Gasteiger partial charge in [0.2, 0.25) is 0 Å². The van der Waals surface area contributed by atoms with Gasteiger partial charge >= 0.3 is 0 Å². The highest BCUT2D eigenvalue weighted by atomic mass is 35.5. The summed E-state index contributed by atoms with van der Waals surface area (Å²) in [6, 6.07) is 7.81. The third-order valence-electron chi connectivity index (χ3n) is 3.00. The molecule has 4 nitrogen and oxygen atoms in total. The minimum Gasteiger partial charge on any atom is -0.260 e. The number of hydrogen-bond acceptors (Lipinski definition) is 3. The first-order valence-electron chi connectivity index (χ1n) is 5.83. The average Bonchev–Trinajstić information content (AvgIpc) is 2.82. The number of nitrogens with zero attached hydrogens (tertiary/aromatic N) is 4. The Balaban J connectivity index is 2.08. The topological polar surface area (TPSA) is 54.5 Å². The maximum atomic E-state index is 13.3. The van der Waals surface area contributed by atoms with Crippen molar-refractivity contribution in [2.24, 2.45) is 0 Å². The second kappa shape index (κ2) is 4.91. The van der Waals surface area contributed by atoms with Crippen molar-refractivity contribution in [3.8, 4) is 6.07 Å². The van der Waals surface area contributed by atoms with Gasteiger partial charge in [-0.1, -0.05) is 11.6 Å². The highest BCUT2D eigenvalue weighted by Gasteiger charge is 2.09. The molecule has 2 aromatic heterocycles. The van der Waals surface area contributed by atoms with Crippen molar-refractivity contribution < 1.29 is 4.39 Å². The molecule has 0 bridgehead atoms. The van der Waals surface area contributed by atoms with E-state index in [-0.39, 0.29) is 5.82 Å². The number of aromatic nitrogens is 3. The molecule has 0 aliphatic heterocycles. The molecule has 0 aliphatic carbocycles. The van der Waals surface area contributed by atoms with Gasteiger partial charge < -0.3 is 0 Å². The summed E-state index contributed by atoms with van der Waals surface area (Å²) < 4.78 is 15.0. The molecule has 2 heterocycles. The molecule has 1 aromatic carbocycles. The first kappa shape index (κ1) is 12.6. The Labute approximate surface area is 119 Å². The van der Waals surface area contributed by atoms with Crippen LogP contribution in [0.3, 0.4) is 0 Å². The summed E-state index contributed by atoms with van der Waals surface area (Å²) in [5, 5.41) is 14.5. The Morgan fingerprint density at radius 2 is 2.15 bits per heavy atom. The molecule has 0 radical (unpaired) electrons. The molecule has 3 aromatic rings. The van der Waals surface area contributed by atoms with Crippen LogP contribution in [0.25, 0.3) is 10.9 Å². The molecule has 0 saturated carbocycles. The Morgan fingerprint density at radius 3 is 2.95 bits per heavy atom. The van der Waals surface area contributed by atoms with E-state index in [9.17, 15) is 4.39 Å². The maximum absolute atomic E-state index is 13.3. The molecule has 0 amide bonds. The average molecular weight is 287 g/mol. The van der Waals surface area contributed by atoms with Gasteiger partial charge in [-0.25, -0.2) is 9.37 Å². The van der Waals surface area contributed by atoms with Gasteiger partial charge in [0.25, 0.3) is 0 Å². The van der Waals surface area contributed by atoms with Crippen molar-refractivity contribution in [1.29, 1.82) is 5.26 Å². The summed E-state index contributed by atoms with van der Waals surface area (Å²) in [5.41, 5.74) is 1.79. The standard InChI is InChI=1S/C14H8ClFN4/c15-14-4-13-11(6-18-14)7-19-20(13)8-10-3-12(16)2-1-9(10)5-17/h1-4,6-7H,8H2. The zero-order valence-electron chi connectivity index (χ0n) is 10.2. The molecule has 0 aliphatic rings. The predicted octanol–water partition coefficient (Wildman–Crippen LogP) is 3.14. The highest BCUT2D eigenvalue weighted by Crippen LogP contribution is 2.19. The lowest BCUT2D eigenvalue weighted by molar-refractivity contribution is 0.620. The number of hydrogen-bond donors (Lipinski definition) is 0. The van der Waals surface area contributed by atoms with Crippen LogP contribution < -0.4 is 0 Å². The van der Waals surface area contributed by atoms with E-state index in [0.717, 1.165) is 10.9 Å². The van der Waals surface area contributed by atoms with Gasteiger partial charge in [-0.3, -0.25) is 4.68 Å². The Kier molecular flexibility index (Phi) is 3.09. The van der Waals surface area contributed by atoms with Crippen LogP contribution in [0.15, 0.2) is 36.7 Å². The molecule has 20 heavy (non-hydrogen) atoms. The van der Waals surface area contributed by atoms with E-state index in [2.05, 4.69) is 10.1 Å². The molecule has 0 unspecified atom stereocenters. The molecular formula is C14H8ClFN4. The van der Waals surface area contributed by atoms with E-state index in [1.54, 1.807) is 23.1 Å². The largest absolute Gasteiger partial charge is 0.260 e. The van der Waals surface area contributed by atoms with Crippen LogP contribution in [0.2, 0.25) is 5.15 Å². The number of halogens is 2. The minimum atomic E-state index is -0.379. The highest BCUT2D eigenvalue weighted by molar-refractivity contribution is 6.29. The third kappa shape index (κ3) is 2.22. The Bertz CT molecular complexity index is 835. The maximum Gasteiger partial charge on any atom is 0.131 e. The molecule has 3 rings (SSSR count). The number of nitriles is 1. The van der Waals surface area contributed by atoms with Gasteiger partial charge in [0.05, 0.1) is 29.9 Å². The third-order valence-corrected chi connectivity index (χ3v) is 3.21. The monoisotopic (exact) mass is 286 g/mol. The summed E-state index contributed by atoms with van der Waals surface area (Å²) in [6.07, 6.45) is 3.28. The summed E-state index contributed by atoms with van der Waals surface area (Å²) in [6.45, 7) is 0.296. The zero-order valence-corrected chi connectivity index (χ0v) is 11.0. The second-order valence-electron chi connectivity index (χ2n) is 4.28.